The molecule has 114 valence electrons. The zero-order chi connectivity index (χ0) is 15.2. The number of halogens is 1. The van der Waals surface area contributed by atoms with Crippen molar-refractivity contribution in [3.05, 3.63) is 28.2 Å². The number of methoxy groups -OCH3 is 1. The lowest BCUT2D eigenvalue weighted by molar-refractivity contribution is 0.230. The van der Waals surface area contributed by atoms with Crippen LogP contribution in [-0.2, 0) is 6.42 Å². The van der Waals surface area contributed by atoms with E-state index in [0.29, 0.717) is 6.04 Å². The average molecular weight is 342 g/mol. The Morgan fingerprint density at radius 3 is 2.55 bits per heavy atom. The van der Waals surface area contributed by atoms with Crippen LogP contribution in [0, 0.1) is 5.41 Å². The fourth-order valence-corrected chi connectivity index (χ4v) is 2.65. The molecule has 0 saturated heterocycles. The highest BCUT2D eigenvalue weighted by Crippen LogP contribution is 2.31. The average Bonchev–Trinajstić information content (AvgIpc) is 2.45. The Hall–Kier alpha value is -0.540. The van der Waals surface area contributed by atoms with Gasteiger partial charge in [0.05, 0.1) is 7.11 Å². The number of hydrogen-bond donors (Lipinski definition) is 1. The van der Waals surface area contributed by atoms with Crippen molar-refractivity contribution < 1.29 is 4.74 Å². The first-order valence-corrected chi connectivity index (χ1v) is 8.29. The highest BCUT2D eigenvalue weighted by Gasteiger charge is 2.27. The number of hydrogen-bond acceptors (Lipinski definition) is 2. The summed E-state index contributed by atoms with van der Waals surface area (Å²) in [6, 6.07) is 6.67. The lowest BCUT2D eigenvalue weighted by Gasteiger charge is -2.35. The third-order valence-electron chi connectivity index (χ3n) is 4.17. The molecule has 0 radical (unpaired) electrons. The lowest BCUT2D eigenvalue weighted by Crippen LogP contribution is -2.43. The van der Waals surface area contributed by atoms with E-state index in [2.05, 4.69) is 61.1 Å². The fraction of sp³-hybridized carbons (Fsp3) is 0.647. The smallest absolute Gasteiger partial charge is 0.119 e. The molecular formula is C17H28BrNO. The van der Waals surface area contributed by atoms with Crippen LogP contribution in [0.3, 0.4) is 0 Å². The summed E-state index contributed by atoms with van der Waals surface area (Å²) < 4.78 is 6.50. The molecule has 0 aliphatic rings. The van der Waals surface area contributed by atoms with Crippen molar-refractivity contribution in [2.45, 2.75) is 53.0 Å². The molecule has 1 unspecified atom stereocenters. The lowest BCUT2D eigenvalue weighted by atomic mass is 9.79. The van der Waals surface area contributed by atoms with Gasteiger partial charge >= 0.3 is 0 Å². The second kappa shape index (κ2) is 8.04. The molecule has 0 amide bonds. The van der Waals surface area contributed by atoms with Crippen molar-refractivity contribution in [3.8, 4) is 5.75 Å². The van der Waals surface area contributed by atoms with Crippen molar-refractivity contribution >= 4 is 15.9 Å². The van der Waals surface area contributed by atoms with Gasteiger partial charge in [-0.1, -0.05) is 43.6 Å². The Morgan fingerprint density at radius 1 is 1.30 bits per heavy atom. The van der Waals surface area contributed by atoms with E-state index in [1.807, 2.05) is 6.07 Å². The summed E-state index contributed by atoms with van der Waals surface area (Å²) >= 11 is 3.66. The summed E-state index contributed by atoms with van der Waals surface area (Å²) in [5, 5.41) is 3.71. The predicted octanol–water partition coefficient (Wildman–Crippen LogP) is 4.80. The van der Waals surface area contributed by atoms with Gasteiger partial charge in [-0.05, 0) is 55.0 Å². The van der Waals surface area contributed by atoms with Gasteiger partial charge < -0.3 is 10.1 Å². The van der Waals surface area contributed by atoms with Crippen molar-refractivity contribution in [1.82, 2.24) is 5.32 Å². The first-order valence-electron chi connectivity index (χ1n) is 7.50. The SMILES string of the molecule is CCCNC(Cc1cc(OC)ccc1Br)C(C)(C)CC. The largest absolute Gasteiger partial charge is 0.497 e. The van der Waals surface area contributed by atoms with Gasteiger partial charge in [0.1, 0.15) is 5.75 Å². The van der Waals surface area contributed by atoms with Crippen molar-refractivity contribution in [2.24, 2.45) is 5.41 Å². The highest BCUT2D eigenvalue weighted by atomic mass is 79.9. The molecular weight excluding hydrogens is 314 g/mol. The Balaban J connectivity index is 2.94. The molecule has 0 aromatic heterocycles. The standard InChI is InChI=1S/C17H28BrNO/c1-6-10-19-16(17(3,4)7-2)12-13-11-14(20-5)8-9-15(13)18/h8-9,11,16,19H,6-7,10,12H2,1-5H3. The molecule has 1 atom stereocenters. The normalized spacial score (nSPS) is 13.3. The zero-order valence-electron chi connectivity index (χ0n) is 13.4. The minimum atomic E-state index is 0.275. The van der Waals surface area contributed by atoms with E-state index in [1.165, 1.54) is 5.56 Å². The monoisotopic (exact) mass is 341 g/mol. The summed E-state index contributed by atoms with van der Waals surface area (Å²) in [6.45, 7) is 10.2. The van der Waals surface area contributed by atoms with E-state index in [-0.39, 0.29) is 5.41 Å². The number of nitrogens with one attached hydrogen (secondary N) is 1. The number of ether oxygens (including phenoxy) is 1. The number of rotatable bonds is 8. The van der Waals surface area contributed by atoms with E-state index in [4.69, 9.17) is 4.74 Å². The molecule has 0 aliphatic carbocycles. The third-order valence-corrected chi connectivity index (χ3v) is 4.95. The zero-order valence-corrected chi connectivity index (χ0v) is 15.0. The van der Waals surface area contributed by atoms with Crippen molar-refractivity contribution in [2.75, 3.05) is 13.7 Å². The molecule has 0 fully saturated rings. The topological polar surface area (TPSA) is 21.3 Å². The molecule has 1 rings (SSSR count). The minimum Gasteiger partial charge on any atom is -0.497 e. The molecule has 0 bridgehead atoms. The van der Waals surface area contributed by atoms with Crippen LogP contribution in [0.5, 0.6) is 5.75 Å². The van der Waals surface area contributed by atoms with Crippen LogP contribution < -0.4 is 10.1 Å². The van der Waals surface area contributed by atoms with E-state index in [9.17, 15) is 0 Å². The van der Waals surface area contributed by atoms with E-state index >= 15 is 0 Å². The first-order chi connectivity index (χ1) is 9.44. The molecule has 0 saturated carbocycles. The maximum Gasteiger partial charge on any atom is 0.119 e. The predicted molar refractivity (Wildman–Crippen MR) is 90.6 cm³/mol. The van der Waals surface area contributed by atoms with Gasteiger partial charge in [-0.2, -0.15) is 0 Å². The van der Waals surface area contributed by atoms with Crippen LogP contribution >= 0.6 is 15.9 Å². The Kier molecular flexibility index (Phi) is 7.04. The van der Waals surface area contributed by atoms with E-state index in [0.717, 1.165) is 36.0 Å². The minimum absolute atomic E-state index is 0.275. The number of benzene rings is 1. The van der Waals surface area contributed by atoms with Gasteiger partial charge in [0.25, 0.3) is 0 Å². The van der Waals surface area contributed by atoms with Gasteiger partial charge in [0.2, 0.25) is 0 Å². The Bertz CT molecular complexity index is 417. The molecule has 1 aromatic rings. The van der Waals surface area contributed by atoms with E-state index in [1.54, 1.807) is 7.11 Å². The Labute approximate surface area is 132 Å². The summed E-state index contributed by atoms with van der Waals surface area (Å²) in [5.74, 6) is 0.923. The van der Waals surface area contributed by atoms with Crippen LogP contribution in [0.2, 0.25) is 0 Å². The molecule has 1 aromatic carbocycles. The van der Waals surface area contributed by atoms with Crippen LogP contribution in [0.15, 0.2) is 22.7 Å². The molecule has 0 spiro atoms. The first kappa shape index (κ1) is 17.5. The quantitative estimate of drug-likeness (QED) is 0.732. The molecule has 0 aliphatic heterocycles. The van der Waals surface area contributed by atoms with Crippen LogP contribution in [0.1, 0.15) is 46.1 Å². The van der Waals surface area contributed by atoms with E-state index < -0.39 is 0 Å². The second-order valence-electron chi connectivity index (χ2n) is 6.01. The Morgan fingerprint density at radius 2 is 2.00 bits per heavy atom. The molecule has 1 N–H and O–H groups in total. The van der Waals surface area contributed by atoms with Gasteiger partial charge in [-0.3, -0.25) is 0 Å². The van der Waals surface area contributed by atoms with Crippen molar-refractivity contribution in [1.29, 1.82) is 0 Å². The maximum absolute atomic E-state index is 5.34. The van der Waals surface area contributed by atoms with Crippen molar-refractivity contribution in [3.63, 3.8) is 0 Å². The summed E-state index contributed by atoms with van der Waals surface area (Å²) in [7, 11) is 1.72. The maximum atomic E-state index is 5.34. The van der Waals surface area contributed by atoms with Gasteiger partial charge in [-0.15, -0.1) is 0 Å². The fourth-order valence-electron chi connectivity index (χ4n) is 2.24. The van der Waals surface area contributed by atoms with Crippen LogP contribution in [0.4, 0.5) is 0 Å². The van der Waals surface area contributed by atoms with Gasteiger partial charge in [-0.25, -0.2) is 0 Å². The highest BCUT2D eigenvalue weighted by molar-refractivity contribution is 9.10. The summed E-state index contributed by atoms with van der Waals surface area (Å²) in [6.07, 6.45) is 3.34. The third kappa shape index (κ3) is 4.78. The molecule has 2 nitrogen and oxygen atoms in total. The summed E-state index contributed by atoms with van der Waals surface area (Å²) in [5.41, 5.74) is 1.58. The molecule has 0 heterocycles. The summed E-state index contributed by atoms with van der Waals surface area (Å²) in [4.78, 5) is 0. The van der Waals surface area contributed by atoms with Gasteiger partial charge in [0, 0.05) is 10.5 Å². The van der Waals surface area contributed by atoms with Crippen LogP contribution in [0.25, 0.3) is 0 Å². The van der Waals surface area contributed by atoms with Crippen LogP contribution in [-0.4, -0.2) is 19.7 Å². The molecule has 20 heavy (non-hydrogen) atoms. The molecule has 3 heteroatoms. The van der Waals surface area contributed by atoms with Gasteiger partial charge in [0.15, 0.2) is 0 Å². The second-order valence-corrected chi connectivity index (χ2v) is 6.86.